The molecule has 200 valence electrons. The summed E-state index contributed by atoms with van der Waals surface area (Å²) in [4.78, 5) is 10.1. The average molecular weight is 665 g/mol. The van der Waals surface area contributed by atoms with Gasteiger partial charge in [-0.1, -0.05) is 143 Å². The van der Waals surface area contributed by atoms with E-state index in [4.69, 9.17) is 0 Å². The van der Waals surface area contributed by atoms with Crippen molar-refractivity contribution in [2.45, 2.75) is 39.2 Å². The SMILES string of the molecule is C1=C\Sc2ccccc2S/C=C\Sc2ccccc2S/C=C\Sc2ccccc2S/C=C\Sc2ccccc2S/1. The fourth-order valence-corrected chi connectivity index (χ4v) is 10.2. The molecular formula is C32H24S8. The number of hydrogen-bond acceptors (Lipinski definition) is 8. The van der Waals surface area contributed by atoms with E-state index in [9.17, 15) is 0 Å². The second kappa shape index (κ2) is 16.9. The van der Waals surface area contributed by atoms with Gasteiger partial charge >= 0.3 is 0 Å². The molecule has 1 aliphatic rings. The van der Waals surface area contributed by atoms with Crippen molar-refractivity contribution in [1.82, 2.24) is 0 Å². The minimum atomic E-state index is 1.26. The molecule has 0 N–H and O–H groups in total. The normalized spacial score (nSPS) is 18.0. The lowest BCUT2D eigenvalue weighted by Crippen LogP contribution is -1.76. The van der Waals surface area contributed by atoms with E-state index < -0.39 is 0 Å². The highest BCUT2D eigenvalue weighted by molar-refractivity contribution is 8.09. The molecule has 0 saturated heterocycles. The molecule has 0 amide bonds. The number of rotatable bonds is 0. The summed E-state index contributed by atoms with van der Waals surface area (Å²) in [6.07, 6.45) is 0. The fourth-order valence-electron chi connectivity index (χ4n) is 3.39. The van der Waals surface area contributed by atoms with E-state index in [1.165, 1.54) is 39.2 Å². The van der Waals surface area contributed by atoms with Crippen molar-refractivity contribution in [3.8, 4) is 0 Å². The van der Waals surface area contributed by atoms with Crippen LogP contribution in [0.3, 0.4) is 0 Å². The minimum absolute atomic E-state index is 1.26. The van der Waals surface area contributed by atoms with Crippen LogP contribution in [-0.2, 0) is 0 Å². The highest BCUT2D eigenvalue weighted by Gasteiger charge is 2.05. The van der Waals surface area contributed by atoms with Crippen LogP contribution in [0.4, 0.5) is 0 Å². The lowest BCUT2D eigenvalue weighted by atomic mass is 10.4. The van der Waals surface area contributed by atoms with Crippen molar-refractivity contribution >= 4 is 94.1 Å². The summed E-state index contributed by atoms with van der Waals surface area (Å²) in [5.41, 5.74) is 0. The zero-order valence-corrected chi connectivity index (χ0v) is 27.7. The van der Waals surface area contributed by atoms with Gasteiger partial charge in [-0.3, -0.25) is 0 Å². The van der Waals surface area contributed by atoms with Crippen molar-refractivity contribution in [3.63, 3.8) is 0 Å². The largest absolute Gasteiger partial charge is 0.0963 e. The topological polar surface area (TPSA) is 0 Å². The summed E-state index contributed by atoms with van der Waals surface area (Å²) in [5, 5.41) is 17.5. The molecule has 0 aliphatic carbocycles. The van der Waals surface area contributed by atoms with E-state index in [1.807, 2.05) is 0 Å². The van der Waals surface area contributed by atoms with Gasteiger partial charge in [0.2, 0.25) is 0 Å². The van der Waals surface area contributed by atoms with Gasteiger partial charge in [0.05, 0.1) is 0 Å². The van der Waals surface area contributed by atoms with Crippen LogP contribution in [-0.4, -0.2) is 0 Å². The maximum Gasteiger partial charge on any atom is 0.0255 e. The smallest absolute Gasteiger partial charge is 0.0255 e. The second-order valence-corrected chi connectivity index (χ2v) is 15.4. The Morgan fingerprint density at radius 1 is 0.200 bits per heavy atom. The van der Waals surface area contributed by atoms with Gasteiger partial charge in [0.1, 0.15) is 0 Å². The van der Waals surface area contributed by atoms with Crippen molar-refractivity contribution in [2.75, 3.05) is 0 Å². The van der Waals surface area contributed by atoms with Crippen LogP contribution in [0.25, 0.3) is 0 Å². The number of hydrogen-bond donors (Lipinski definition) is 0. The van der Waals surface area contributed by atoms with Gasteiger partial charge in [0, 0.05) is 39.2 Å². The standard InChI is InChI=1S/C32H24S8/c1-2-10-26-25(9-1)33-17-18-35-27-11-3-4-12-28(27)37-21-22-39-31-15-7-8-16-32(31)40-24-23-38-30-14-6-5-13-29(30)36-20-19-34-26/h1-24H/b18-17-,20-19-,22-21-,24-23-. The summed E-state index contributed by atoms with van der Waals surface area (Å²) in [5.74, 6) is 0. The Bertz CT molecular complexity index is 1180. The molecule has 0 spiro atoms. The summed E-state index contributed by atoms with van der Waals surface area (Å²) >= 11 is 14.1. The lowest BCUT2D eigenvalue weighted by Gasteiger charge is -2.06. The molecule has 0 aromatic heterocycles. The van der Waals surface area contributed by atoms with Gasteiger partial charge in [-0.2, -0.15) is 0 Å². The van der Waals surface area contributed by atoms with Crippen molar-refractivity contribution in [1.29, 1.82) is 0 Å². The molecule has 0 atom stereocenters. The first-order valence-corrected chi connectivity index (χ1v) is 19.2. The fraction of sp³-hybridized carbons (Fsp3) is 0. The third kappa shape index (κ3) is 9.33. The summed E-state index contributed by atoms with van der Waals surface area (Å²) < 4.78 is 0. The van der Waals surface area contributed by atoms with Crippen molar-refractivity contribution in [2.24, 2.45) is 0 Å². The van der Waals surface area contributed by atoms with Crippen molar-refractivity contribution < 1.29 is 0 Å². The molecule has 0 bridgehead atoms. The molecule has 40 heavy (non-hydrogen) atoms. The highest BCUT2D eigenvalue weighted by atomic mass is 32.2. The van der Waals surface area contributed by atoms with E-state index in [2.05, 4.69) is 140 Å². The average Bonchev–Trinajstić information content (AvgIpc) is 3.00. The summed E-state index contributed by atoms with van der Waals surface area (Å²) in [6, 6.07) is 34.4. The van der Waals surface area contributed by atoms with Crippen LogP contribution in [0.2, 0.25) is 0 Å². The quantitative estimate of drug-likeness (QED) is 0.180. The molecular weight excluding hydrogens is 641 g/mol. The Morgan fingerprint density at radius 3 is 0.450 bits per heavy atom. The molecule has 4 aromatic carbocycles. The number of benzene rings is 4. The van der Waals surface area contributed by atoms with E-state index in [-0.39, 0.29) is 0 Å². The molecule has 4 aromatic rings. The molecule has 0 saturated carbocycles. The zero-order valence-electron chi connectivity index (χ0n) is 21.1. The second-order valence-electron chi connectivity index (χ2n) is 7.82. The molecule has 0 fully saturated rings. The molecule has 1 heterocycles. The van der Waals surface area contributed by atoms with Gasteiger partial charge in [-0.15, -0.1) is 0 Å². The van der Waals surface area contributed by atoms with Crippen LogP contribution in [0.1, 0.15) is 0 Å². The highest BCUT2D eigenvalue weighted by Crippen LogP contribution is 2.39. The molecule has 1 aliphatic heterocycles. The van der Waals surface area contributed by atoms with E-state index in [1.54, 1.807) is 94.1 Å². The first-order valence-electron chi connectivity index (χ1n) is 12.2. The Morgan fingerprint density at radius 2 is 0.325 bits per heavy atom. The third-order valence-corrected chi connectivity index (χ3v) is 13.4. The minimum Gasteiger partial charge on any atom is -0.0963 e. The summed E-state index contributed by atoms with van der Waals surface area (Å²) in [7, 11) is 0. The molecule has 0 unspecified atom stereocenters. The Hall–Kier alpha value is -1.36. The Kier molecular flexibility index (Phi) is 12.7. The van der Waals surface area contributed by atoms with Gasteiger partial charge in [-0.25, -0.2) is 0 Å². The van der Waals surface area contributed by atoms with E-state index >= 15 is 0 Å². The number of thioether (sulfide) groups is 8. The molecule has 0 nitrogen and oxygen atoms in total. The van der Waals surface area contributed by atoms with E-state index in [0.717, 1.165) is 0 Å². The van der Waals surface area contributed by atoms with Crippen LogP contribution in [0.15, 0.2) is 179 Å². The van der Waals surface area contributed by atoms with Crippen LogP contribution < -0.4 is 0 Å². The van der Waals surface area contributed by atoms with Crippen LogP contribution in [0, 0.1) is 0 Å². The van der Waals surface area contributed by atoms with E-state index in [0.29, 0.717) is 0 Å². The maximum atomic E-state index is 2.19. The molecule has 8 heteroatoms. The predicted octanol–water partition coefficient (Wildman–Crippen LogP) is 13.4. The van der Waals surface area contributed by atoms with Gasteiger partial charge in [0.25, 0.3) is 0 Å². The molecule has 0 radical (unpaired) electrons. The monoisotopic (exact) mass is 664 g/mol. The number of fused-ring (bicyclic) bond motifs is 4. The van der Waals surface area contributed by atoms with Crippen molar-refractivity contribution in [3.05, 3.63) is 140 Å². The van der Waals surface area contributed by atoms with Gasteiger partial charge in [0.15, 0.2) is 0 Å². The third-order valence-electron chi connectivity index (χ3n) is 5.18. The Balaban J connectivity index is 1.38. The summed E-state index contributed by atoms with van der Waals surface area (Å²) in [6.45, 7) is 0. The predicted molar refractivity (Wildman–Crippen MR) is 189 cm³/mol. The van der Waals surface area contributed by atoms with Gasteiger partial charge < -0.3 is 0 Å². The van der Waals surface area contributed by atoms with Gasteiger partial charge in [-0.05, 0) is 91.8 Å². The zero-order chi connectivity index (χ0) is 27.2. The maximum absolute atomic E-state index is 2.19. The lowest BCUT2D eigenvalue weighted by molar-refractivity contribution is 1.26. The molecule has 5 rings (SSSR count). The Labute approximate surface area is 271 Å². The van der Waals surface area contributed by atoms with Crippen LogP contribution >= 0.6 is 94.1 Å². The first-order chi connectivity index (χ1) is 19.9. The first kappa shape index (κ1) is 30.1. The van der Waals surface area contributed by atoms with Crippen LogP contribution in [0.5, 0.6) is 0 Å².